The van der Waals surface area contributed by atoms with E-state index in [0.717, 1.165) is 77.0 Å². The van der Waals surface area contributed by atoms with E-state index in [-0.39, 0.29) is 23.1 Å². The molecule has 184 valence electrons. The van der Waals surface area contributed by atoms with Gasteiger partial charge in [0.05, 0.1) is 0 Å². The Balaban J connectivity index is -0.000000490. The van der Waals surface area contributed by atoms with Gasteiger partial charge in [0.25, 0.3) is 0 Å². The normalized spacial score (nSPS) is 11.5. The second-order valence-electron chi connectivity index (χ2n) is 8.77. The summed E-state index contributed by atoms with van der Waals surface area (Å²) in [5, 5.41) is 0. The van der Waals surface area contributed by atoms with Crippen LogP contribution in [0.25, 0.3) is 0 Å². The van der Waals surface area contributed by atoms with Crippen molar-refractivity contribution < 1.29 is 18.9 Å². The van der Waals surface area contributed by atoms with Crippen molar-refractivity contribution in [2.24, 2.45) is 0 Å². The second kappa shape index (κ2) is 25.8. The third-order valence-electron chi connectivity index (χ3n) is 5.41. The van der Waals surface area contributed by atoms with Crippen molar-refractivity contribution in [2.75, 3.05) is 24.6 Å². The molecule has 0 rings (SSSR count). The molecule has 0 aromatic carbocycles. The van der Waals surface area contributed by atoms with Gasteiger partial charge >= 0.3 is 23.1 Å². The number of hydrogen-bond acceptors (Lipinski definition) is 4. The molecule has 0 aliphatic rings. The molecule has 0 spiro atoms. The Hall–Kier alpha value is 1.15. The zero-order valence-corrected chi connectivity index (χ0v) is 24.6. The van der Waals surface area contributed by atoms with Gasteiger partial charge in [-0.3, -0.25) is 0 Å². The van der Waals surface area contributed by atoms with Crippen LogP contribution in [0.2, 0.25) is 0 Å². The van der Waals surface area contributed by atoms with Crippen LogP contribution in [0.1, 0.15) is 130 Å². The van der Waals surface area contributed by atoms with Gasteiger partial charge in [0, 0.05) is 14.7 Å². The molecule has 0 heterocycles. The maximum absolute atomic E-state index is 11.6. The van der Waals surface area contributed by atoms with Crippen LogP contribution in [0.15, 0.2) is 0 Å². The maximum atomic E-state index is 11.6. The number of rotatable bonds is 20. The van der Waals surface area contributed by atoms with Crippen LogP contribution in [0.4, 0.5) is 0 Å². The Bertz CT molecular complexity index is 375. The average molecular weight is 491 g/mol. The van der Waals surface area contributed by atoms with Gasteiger partial charge in [0.15, 0.2) is 0 Å². The minimum absolute atomic E-state index is 0. The molecular weight excluding hydrogens is 439 g/mol. The van der Waals surface area contributed by atoms with Gasteiger partial charge in [-0.2, -0.15) is 0 Å². The second-order valence-corrected chi connectivity index (χ2v) is 13.8. The van der Waals surface area contributed by atoms with Gasteiger partial charge in [-0.05, 0) is 50.3 Å². The number of hydrogen-bond donors (Lipinski definition) is 0. The minimum atomic E-state index is -3.02. The molecule has 0 aliphatic carbocycles. The zero-order chi connectivity index (χ0) is 23.1. The molecule has 0 saturated carbocycles. The summed E-state index contributed by atoms with van der Waals surface area (Å²) in [5.74, 6) is 0. The van der Waals surface area contributed by atoms with E-state index in [2.05, 4.69) is 27.7 Å². The Morgan fingerprint density at radius 2 is 0.613 bits per heavy atom. The molecule has 0 atom stereocenters. The standard InChI is InChI=1S/2C12H27O2P.Mg/c2*1-3-5-7-9-11-15(13,14)12-10-8-6-4-2;/h2*3-12H2,1-2H3,(H,13,14);/q;;+2/p-2. The zero-order valence-electron chi connectivity index (χ0n) is 21.4. The first-order valence-corrected chi connectivity index (χ1v) is 16.8. The maximum Gasteiger partial charge on any atom is 2.00 e. The van der Waals surface area contributed by atoms with Gasteiger partial charge in [-0.25, -0.2) is 0 Å². The number of unbranched alkanes of at least 4 members (excludes halogenated alkanes) is 12. The van der Waals surface area contributed by atoms with Crippen molar-refractivity contribution in [1.29, 1.82) is 0 Å². The molecule has 7 heteroatoms. The predicted octanol–water partition coefficient (Wildman–Crippen LogP) is 7.19. The fourth-order valence-electron chi connectivity index (χ4n) is 3.34. The molecule has 31 heavy (non-hydrogen) atoms. The Kier molecular flexibility index (Phi) is 30.5. The first kappa shape index (κ1) is 36.7. The molecule has 0 N–H and O–H groups in total. The van der Waals surface area contributed by atoms with Crippen LogP contribution in [-0.4, -0.2) is 47.7 Å². The molecule has 0 saturated heterocycles. The Morgan fingerprint density at radius 1 is 0.419 bits per heavy atom. The molecule has 0 amide bonds. The quantitative estimate of drug-likeness (QED) is 0.103. The molecule has 0 aliphatic heterocycles. The molecule has 0 aromatic heterocycles. The molecule has 4 nitrogen and oxygen atoms in total. The van der Waals surface area contributed by atoms with Gasteiger partial charge in [0.2, 0.25) is 0 Å². The van der Waals surface area contributed by atoms with E-state index >= 15 is 0 Å². The topological polar surface area (TPSA) is 80.3 Å². The predicted molar refractivity (Wildman–Crippen MR) is 137 cm³/mol. The van der Waals surface area contributed by atoms with Crippen LogP contribution in [0.5, 0.6) is 0 Å². The van der Waals surface area contributed by atoms with E-state index in [1.54, 1.807) is 0 Å². The Morgan fingerprint density at radius 3 is 0.774 bits per heavy atom. The molecule has 0 fully saturated rings. The SMILES string of the molecule is CCCCCCP(=O)([O-])CCCCCC.CCCCCCP(=O)([O-])CCCCCC.[Mg+2]. The summed E-state index contributed by atoms with van der Waals surface area (Å²) in [6, 6.07) is 0. The van der Waals surface area contributed by atoms with Crippen molar-refractivity contribution in [3.05, 3.63) is 0 Å². The molecule has 0 aromatic rings. The monoisotopic (exact) mass is 490 g/mol. The van der Waals surface area contributed by atoms with Gasteiger partial charge < -0.3 is 18.9 Å². The summed E-state index contributed by atoms with van der Waals surface area (Å²) in [4.78, 5) is 23.2. The van der Waals surface area contributed by atoms with Gasteiger partial charge in [-0.15, -0.1) is 0 Å². The van der Waals surface area contributed by atoms with E-state index in [1.807, 2.05) is 0 Å². The molecule has 0 radical (unpaired) electrons. The molecule has 0 bridgehead atoms. The first-order chi connectivity index (χ1) is 14.2. The summed E-state index contributed by atoms with van der Waals surface area (Å²) >= 11 is 0. The van der Waals surface area contributed by atoms with E-state index in [1.165, 1.54) is 25.7 Å². The fraction of sp³-hybridized carbons (Fsp3) is 1.00. The summed E-state index contributed by atoms with van der Waals surface area (Å²) < 4.78 is 23.2. The van der Waals surface area contributed by atoms with Gasteiger partial charge in [0.1, 0.15) is 0 Å². The molecule has 0 unspecified atom stereocenters. The third kappa shape index (κ3) is 31.1. The third-order valence-corrected chi connectivity index (χ3v) is 9.40. The van der Waals surface area contributed by atoms with Crippen LogP contribution in [0.3, 0.4) is 0 Å². The summed E-state index contributed by atoms with van der Waals surface area (Å²) in [6.07, 6.45) is 18.8. The van der Waals surface area contributed by atoms with Gasteiger partial charge in [-0.1, -0.05) is 105 Å². The molecular formula is C24H52MgO4P2. The smallest absolute Gasteiger partial charge is 0.799 e. The first-order valence-electron chi connectivity index (χ1n) is 12.8. The fourth-order valence-corrected chi connectivity index (χ4v) is 6.61. The van der Waals surface area contributed by atoms with Crippen molar-refractivity contribution in [1.82, 2.24) is 0 Å². The summed E-state index contributed by atoms with van der Waals surface area (Å²) in [7, 11) is -6.05. The van der Waals surface area contributed by atoms with E-state index in [9.17, 15) is 18.9 Å². The van der Waals surface area contributed by atoms with Crippen LogP contribution >= 0.6 is 14.7 Å². The van der Waals surface area contributed by atoms with Crippen LogP contribution < -0.4 is 9.79 Å². The summed E-state index contributed by atoms with van der Waals surface area (Å²) in [6.45, 7) is 8.56. The van der Waals surface area contributed by atoms with Crippen molar-refractivity contribution in [3.63, 3.8) is 0 Å². The minimum Gasteiger partial charge on any atom is -0.799 e. The van der Waals surface area contributed by atoms with E-state index in [4.69, 9.17) is 0 Å². The van der Waals surface area contributed by atoms with Crippen molar-refractivity contribution in [2.45, 2.75) is 130 Å². The Labute approximate surface area is 211 Å². The van der Waals surface area contributed by atoms with E-state index in [0.29, 0.717) is 24.6 Å². The van der Waals surface area contributed by atoms with Crippen molar-refractivity contribution >= 4 is 37.8 Å². The van der Waals surface area contributed by atoms with E-state index < -0.39 is 14.7 Å². The van der Waals surface area contributed by atoms with Crippen molar-refractivity contribution in [3.8, 4) is 0 Å². The average Bonchev–Trinajstić information content (AvgIpc) is 2.70. The van der Waals surface area contributed by atoms with Crippen LogP contribution in [0, 0.1) is 0 Å². The largest absolute Gasteiger partial charge is 2.00 e. The summed E-state index contributed by atoms with van der Waals surface area (Å²) in [5.41, 5.74) is 0. The van der Waals surface area contributed by atoms with Crippen LogP contribution in [-0.2, 0) is 9.13 Å².